The maximum absolute atomic E-state index is 6.17. The summed E-state index contributed by atoms with van der Waals surface area (Å²) in [5.74, 6) is 0.713. The normalized spacial score (nSPS) is 22.4. The lowest BCUT2D eigenvalue weighted by Crippen LogP contribution is -2.29. The van der Waals surface area contributed by atoms with Gasteiger partial charge in [0.2, 0.25) is 5.88 Å². The fraction of sp³-hybridized carbons (Fsp3) is 0.471. The molecule has 0 radical (unpaired) electrons. The number of hydrogen-bond acceptors (Lipinski definition) is 4. The fourth-order valence-electron chi connectivity index (χ4n) is 3.06. The van der Waals surface area contributed by atoms with Gasteiger partial charge >= 0.3 is 0 Å². The minimum atomic E-state index is 0.184. The highest BCUT2D eigenvalue weighted by Gasteiger charge is 2.24. The number of nitrogens with two attached hydrogens (primary N) is 1. The fourth-order valence-corrected chi connectivity index (χ4v) is 3.06. The van der Waals surface area contributed by atoms with Gasteiger partial charge in [0.05, 0.1) is 6.10 Å². The number of pyridine rings is 1. The van der Waals surface area contributed by atoms with Crippen molar-refractivity contribution in [2.45, 2.75) is 44.4 Å². The third-order valence-electron chi connectivity index (χ3n) is 4.25. The number of aromatic nitrogens is 1. The average molecular weight is 286 g/mol. The molecule has 21 heavy (non-hydrogen) atoms. The second-order valence-corrected chi connectivity index (χ2v) is 5.60. The van der Waals surface area contributed by atoms with Crippen LogP contribution < -0.4 is 10.5 Å². The van der Waals surface area contributed by atoms with E-state index in [1.54, 1.807) is 7.11 Å². The van der Waals surface area contributed by atoms with Crippen LogP contribution in [0.25, 0.3) is 10.8 Å². The predicted molar refractivity (Wildman–Crippen MR) is 83.3 cm³/mol. The lowest BCUT2D eigenvalue weighted by atomic mass is 9.95. The van der Waals surface area contributed by atoms with Gasteiger partial charge in [0.1, 0.15) is 6.10 Å². The van der Waals surface area contributed by atoms with Crippen molar-refractivity contribution in [1.29, 1.82) is 0 Å². The molecule has 4 heteroatoms. The molecule has 0 spiro atoms. The Bertz CT molecular complexity index is 615. The molecule has 1 heterocycles. The molecule has 2 unspecified atom stereocenters. The van der Waals surface area contributed by atoms with Crippen LogP contribution in [0.2, 0.25) is 0 Å². The minimum Gasteiger partial charge on any atom is -0.474 e. The maximum Gasteiger partial charge on any atom is 0.221 e. The lowest BCUT2D eigenvalue weighted by Gasteiger charge is -2.28. The van der Waals surface area contributed by atoms with Crippen LogP contribution >= 0.6 is 0 Å². The second kappa shape index (κ2) is 6.41. The summed E-state index contributed by atoms with van der Waals surface area (Å²) in [6.45, 7) is 0.489. The van der Waals surface area contributed by atoms with Crippen LogP contribution in [0.1, 0.15) is 31.2 Å². The van der Waals surface area contributed by atoms with Crippen LogP contribution in [-0.4, -0.2) is 24.3 Å². The predicted octanol–water partition coefficient (Wildman–Crippen LogP) is 3.03. The summed E-state index contributed by atoms with van der Waals surface area (Å²) in [6.07, 6.45) is 6.58. The van der Waals surface area contributed by atoms with Crippen molar-refractivity contribution < 1.29 is 9.47 Å². The molecule has 2 N–H and O–H groups in total. The summed E-state index contributed by atoms with van der Waals surface area (Å²) in [6, 6.07) is 8.15. The number of nitrogens with zero attached hydrogens (tertiary/aromatic N) is 1. The molecule has 0 aliphatic heterocycles. The van der Waals surface area contributed by atoms with Gasteiger partial charge < -0.3 is 15.2 Å². The van der Waals surface area contributed by atoms with Gasteiger partial charge in [-0.05, 0) is 36.3 Å². The highest BCUT2D eigenvalue weighted by atomic mass is 16.5. The van der Waals surface area contributed by atoms with E-state index in [-0.39, 0.29) is 6.10 Å². The quantitative estimate of drug-likeness (QED) is 0.938. The Morgan fingerprint density at radius 2 is 1.95 bits per heavy atom. The number of benzene rings is 1. The van der Waals surface area contributed by atoms with Gasteiger partial charge in [-0.15, -0.1) is 0 Å². The molecule has 1 saturated carbocycles. The van der Waals surface area contributed by atoms with Gasteiger partial charge in [-0.1, -0.05) is 18.2 Å². The van der Waals surface area contributed by atoms with Crippen LogP contribution in [0.3, 0.4) is 0 Å². The van der Waals surface area contributed by atoms with E-state index in [1.165, 1.54) is 0 Å². The molecule has 2 aromatic rings. The Balaban J connectivity index is 1.87. The molecule has 0 amide bonds. The van der Waals surface area contributed by atoms with E-state index < -0.39 is 0 Å². The summed E-state index contributed by atoms with van der Waals surface area (Å²) >= 11 is 0. The zero-order valence-electron chi connectivity index (χ0n) is 12.4. The molecule has 1 aromatic carbocycles. The summed E-state index contributed by atoms with van der Waals surface area (Å²) in [5, 5.41) is 2.17. The van der Waals surface area contributed by atoms with Gasteiger partial charge in [0, 0.05) is 31.7 Å². The van der Waals surface area contributed by atoms with E-state index >= 15 is 0 Å². The molecule has 3 rings (SSSR count). The van der Waals surface area contributed by atoms with E-state index in [0.717, 1.165) is 42.0 Å². The van der Waals surface area contributed by atoms with E-state index in [9.17, 15) is 0 Å². The average Bonchev–Trinajstić information content (AvgIpc) is 2.55. The first kappa shape index (κ1) is 14.3. The van der Waals surface area contributed by atoms with Crippen LogP contribution in [0, 0.1) is 0 Å². The number of ether oxygens (including phenoxy) is 2. The highest BCUT2D eigenvalue weighted by molar-refractivity contribution is 5.89. The lowest BCUT2D eigenvalue weighted by molar-refractivity contribution is 0.0200. The first-order valence-corrected chi connectivity index (χ1v) is 7.58. The Labute approximate surface area is 125 Å². The molecule has 2 atom stereocenters. The molecule has 4 nitrogen and oxygen atoms in total. The largest absolute Gasteiger partial charge is 0.474 e. The summed E-state index contributed by atoms with van der Waals surface area (Å²) < 4.78 is 11.6. The molecule has 112 valence electrons. The van der Waals surface area contributed by atoms with Crippen LogP contribution in [0.4, 0.5) is 0 Å². The van der Waals surface area contributed by atoms with Crippen LogP contribution in [-0.2, 0) is 11.3 Å². The van der Waals surface area contributed by atoms with Gasteiger partial charge in [-0.2, -0.15) is 0 Å². The van der Waals surface area contributed by atoms with Crippen molar-refractivity contribution in [1.82, 2.24) is 4.98 Å². The first-order chi connectivity index (χ1) is 10.3. The van der Waals surface area contributed by atoms with Gasteiger partial charge in [-0.25, -0.2) is 4.98 Å². The van der Waals surface area contributed by atoms with Gasteiger partial charge in [0.15, 0.2) is 0 Å². The number of methoxy groups -OCH3 is 1. The number of rotatable bonds is 4. The van der Waals surface area contributed by atoms with E-state index in [2.05, 4.69) is 11.1 Å². The molecule has 1 aromatic heterocycles. The molecule has 1 fully saturated rings. The molecule has 0 saturated heterocycles. The van der Waals surface area contributed by atoms with Crippen molar-refractivity contribution in [3.8, 4) is 5.88 Å². The Morgan fingerprint density at radius 1 is 1.19 bits per heavy atom. The zero-order valence-corrected chi connectivity index (χ0v) is 12.4. The topological polar surface area (TPSA) is 57.4 Å². The third kappa shape index (κ3) is 3.01. The summed E-state index contributed by atoms with van der Waals surface area (Å²) in [5.41, 5.74) is 6.84. The van der Waals surface area contributed by atoms with E-state index in [0.29, 0.717) is 18.5 Å². The molecule has 1 aliphatic rings. The van der Waals surface area contributed by atoms with Gasteiger partial charge in [0.25, 0.3) is 0 Å². The van der Waals surface area contributed by atoms with E-state index in [4.69, 9.17) is 15.2 Å². The van der Waals surface area contributed by atoms with Crippen molar-refractivity contribution in [2.24, 2.45) is 5.73 Å². The number of hydrogen-bond donors (Lipinski definition) is 1. The third-order valence-corrected chi connectivity index (χ3v) is 4.25. The molecular formula is C17H22N2O2. The molecule has 0 bridgehead atoms. The minimum absolute atomic E-state index is 0.184. The summed E-state index contributed by atoms with van der Waals surface area (Å²) in [7, 11) is 1.77. The second-order valence-electron chi connectivity index (χ2n) is 5.60. The van der Waals surface area contributed by atoms with Gasteiger partial charge in [-0.3, -0.25) is 0 Å². The maximum atomic E-state index is 6.17. The van der Waals surface area contributed by atoms with Crippen LogP contribution in [0.15, 0.2) is 30.5 Å². The Hall–Kier alpha value is -1.65. The van der Waals surface area contributed by atoms with Crippen molar-refractivity contribution >= 4 is 10.8 Å². The molecular weight excluding hydrogens is 264 g/mol. The zero-order chi connectivity index (χ0) is 14.7. The van der Waals surface area contributed by atoms with Crippen molar-refractivity contribution in [2.75, 3.05) is 7.11 Å². The smallest absolute Gasteiger partial charge is 0.221 e. The Morgan fingerprint density at radius 3 is 2.71 bits per heavy atom. The van der Waals surface area contributed by atoms with Crippen molar-refractivity contribution in [3.63, 3.8) is 0 Å². The summed E-state index contributed by atoms with van der Waals surface area (Å²) in [4.78, 5) is 4.48. The van der Waals surface area contributed by atoms with Crippen LogP contribution in [0.5, 0.6) is 5.88 Å². The Kier molecular flexibility index (Phi) is 4.36. The standard InChI is InChI=1S/C17H22N2O2/c1-20-13-5-4-6-14(9-13)21-17-16-8-3-2-7-15(16)12(10-18)11-19-17/h2-3,7-8,11,13-14H,4-6,9-10,18H2,1H3. The SMILES string of the molecule is COC1CCCC(Oc2ncc(CN)c3ccccc23)C1. The van der Waals surface area contributed by atoms with Crippen molar-refractivity contribution in [3.05, 3.63) is 36.0 Å². The molecule has 1 aliphatic carbocycles. The number of fused-ring (bicyclic) bond motifs is 1. The monoisotopic (exact) mass is 286 g/mol. The first-order valence-electron chi connectivity index (χ1n) is 7.58. The van der Waals surface area contributed by atoms with E-state index in [1.807, 2.05) is 24.4 Å². The highest BCUT2D eigenvalue weighted by Crippen LogP contribution is 2.30.